The van der Waals surface area contributed by atoms with Crippen LogP contribution in [-0.4, -0.2) is 0 Å². The average molecular weight is 578 g/mol. The summed E-state index contributed by atoms with van der Waals surface area (Å²) in [6.07, 6.45) is 0. The Kier molecular flexibility index (Phi) is 5.58. The van der Waals surface area contributed by atoms with Crippen LogP contribution in [0.25, 0.3) is 44.2 Å². The third kappa shape index (κ3) is 3.82. The van der Waals surface area contributed by atoms with Crippen LogP contribution in [0.15, 0.2) is 152 Å². The van der Waals surface area contributed by atoms with E-state index >= 15 is 0 Å². The molecule has 7 aromatic rings. The molecule has 0 saturated heterocycles. The zero-order valence-electron chi connectivity index (χ0n) is 25.3. The highest BCUT2D eigenvalue weighted by molar-refractivity contribution is 6.10. The summed E-state index contributed by atoms with van der Waals surface area (Å²) in [4.78, 5) is 2.38. The van der Waals surface area contributed by atoms with E-state index in [9.17, 15) is 0 Å². The number of rotatable bonds is 4. The van der Waals surface area contributed by atoms with Gasteiger partial charge in [0.25, 0.3) is 0 Å². The van der Waals surface area contributed by atoms with Crippen molar-refractivity contribution in [2.24, 2.45) is 0 Å². The minimum atomic E-state index is -0.0791. The van der Waals surface area contributed by atoms with Gasteiger partial charge in [0.05, 0.1) is 5.69 Å². The summed E-state index contributed by atoms with van der Waals surface area (Å²) in [6.45, 7) is 4.67. The van der Waals surface area contributed by atoms with Crippen molar-refractivity contribution in [1.82, 2.24) is 0 Å². The molecule has 2 heteroatoms. The van der Waals surface area contributed by atoms with Gasteiger partial charge in [0.15, 0.2) is 0 Å². The van der Waals surface area contributed by atoms with E-state index in [1.54, 1.807) is 0 Å². The number of para-hydroxylation sites is 1. The third-order valence-corrected chi connectivity index (χ3v) is 9.66. The summed E-state index contributed by atoms with van der Waals surface area (Å²) in [5.74, 6) is 1.77. The van der Waals surface area contributed by atoms with Crippen molar-refractivity contribution in [1.29, 1.82) is 0 Å². The maximum absolute atomic E-state index is 6.76. The minimum Gasteiger partial charge on any atom is -0.456 e. The Morgan fingerprint density at radius 2 is 1.18 bits per heavy atom. The number of anilines is 3. The summed E-state index contributed by atoms with van der Waals surface area (Å²) in [6, 6.07) is 54.5. The van der Waals surface area contributed by atoms with Crippen molar-refractivity contribution in [2.75, 3.05) is 4.90 Å². The molecule has 0 amide bonds. The van der Waals surface area contributed by atoms with Crippen LogP contribution in [0.2, 0.25) is 0 Å². The normalized spacial score (nSPS) is 13.5. The first-order valence-corrected chi connectivity index (χ1v) is 15.6. The zero-order chi connectivity index (χ0) is 30.1. The fourth-order valence-corrected chi connectivity index (χ4v) is 7.55. The Morgan fingerprint density at radius 1 is 0.489 bits per heavy atom. The van der Waals surface area contributed by atoms with E-state index in [1.165, 1.54) is 55.4 Å². The summed E-state index contributed by atoms with van der Waals surface area (Å²) in [5.41, 5.74) is 13.3. The first kappa shape index (κ1) is 25.9. The molecule has 1 heterocycles. The second-order valence-corrected chi connectivity index (χ2v) is 12.5. The Bertz CT molecular complexity index is 2270. The van der Waals surface area contributed by atoms with Gasteiger partial charge in [-0.25, -0.2) is 0 Å². The summed E-state index contributed by atoms with van der Waals surface area (Å²) >= 11 is 0. The number of hydrogen-bond donors (Lipinski definition) is 0. The predicted octanol–water partition coefficient (Wildman–Crippen LogP) is 12.1. The van der Waals surface area contributed by atoms with Gasteiger partial charge in [-0.2, -0.15) is 0 Å². The predicted molar refractivity (Wildman–Crippen MR) is 187 cm³/mol. The van der Waals surface area contributed by atoms with Crippen molar-refractivity contribution in [2.45, 2.75) is 19.3 Å². The molecule has 0 radical (unpaired) electrons. The van der Waals surface area contributed by atoms with Crippen molar-refractivity contribution < 1.29 is 4.74 Å². The molecule has 7 aromatic carbocycles. The lowest BCUT2D eigenvalue weighted by molar-refractivity contribution is 0.487. The van der Waals surface area contributed by atoms with Gasteiger partial charge >= 0.3 is 0 Å². The number of ether oxygens (including phenoxy) is 1. The van der Waals surface area contributed by atoms with E-state index in [-0.39, 0.29) is 5.41 Å². The van der Waals surface area contributed by atoms with Crippen LogP contribution in [0.4, 0.5) is 17.1 Å². The Hall–Kier alpha value is -5.60. The van der Waals surface area contributed by atoms with Crippen LogP contribution in [0.3, 0.4) is 0 Å². The Labute approximate surface area is 263 Å². The van der Waals surface area contributed by atoms with E-state index in [1.807, 2.05) is 0 Å². The maximum atomic E-state index is 6.76. The smallest absolute Gasteiger partial charge is 0.137 e. The molecule has 9 rings (SSSR count). The van der Waals surface area contributed by atoms with E-state index in [4.69, 9.17) is 4.74 Å². The molecule has 0 atom stereocenters. The second-order valence-electron chi connectivity index (χ2n) is 12.5. The van der Waals surface area contributed by atoms with Gasteiger partial charge in [-0.1, -0.05) is 123 Å². The Morgan fingerprint density at radius 3 is 2.02 bits per heavy atom. The van der Waals surface area contributed by atoms with Crippen molar-refractivity contribution in [3.8, 4) is 44.9 Å². The van der Waals surface area contributed by atoms with E-state index in [0.29, 0.717) is 0 Å². The molecule has 45 heavy (non-hydrogen) atoms. The highest BCUT2D eigenvalue weighted by Gasteiger charge is 2.37. The summed E-state index contributed by atoms with van der Waals surface area (Å²) in [7, 11) is 0. The van der Waals surface area contributed by atoms with E-state index < -0.39 is 0 Å². The number of nitrogens with zero attached hydrogens (tertiary/aromatic N) is 1. The van der Waals surface area contributed by atoms with Gasteiger partial charge in [-0.15, -0.1) is 0 Å². The van der Waals surface area contributed by atoms with Crippen LogP contribution in [-0.2, 0) is 5.41 Å². The van der Waals surface area contributed by atoms with Crippen LogP contribution < -0.4 is 9.64 Å². The van der Waals surface area contributed by atoms with Crippen LogP contribution in [0.1, 0.15) is 25.0 Å². The number of fused-ring (bicyclic) bond motifs is 5. The molecule has 0 spiro atoms. The van der Waals surface area contributed by atoms with Gasteiger partial charge < -0.3 is 9.64 Å². The van der Waals surface area contributed by atoms with Crippen molar-refractivity contribution >= 4 is 27.8 Å². The standard InChI is InChI=1S/C43H31NO/c1-43(2)36-20-10-9-17-35(36)42-37(43)21-12-22-38(42)44(29-15-7-4-8-16-29)30-23-24-32-34-19-11-18-33-31(28-13-5-3-6-14-28)25-26-39(41(33)34)45-40(32)27-30/h3-27H,1-2H3. The molecular weight excluding hydrogens is 546 g/mol. The molecule has 0 N–H and O–H groups in total. The highest BCUT2D eigenvalue weighted by Crippen LogP contribution is 2.55. The van der Waals surface area contributed by atoms with Gasteiger partial charge in [0, 0.05) is 39.4 Å². The summed E-state index contributed by atoms with van der Waals surface area (Å²) in [5, 5.41) is 2.37. The van der Waals surface area contributed by atoms with Crippen LogP contribution in [0, 0.1) is 0 Å². The quantitative estimate of drug-likeness (QED) is 0.206. The third-order valence-electron chi connectivity index (χ3n) is 9.66. The van der Waals surface area contributed by atoms with Crippen molar-refractivity contribution in [3.05, 3.63) is 163 Å². The molecular formula is C43H31NO. The SMILES string of the molecule is CC1(C)c2ccccc2-c2c(N(c3ccccc3)c3ccc4c(c3)Oc3ccc(-c5ccccc5)c5cccc-4c35)cccc21. The first-order valence-electron chi connectivity index (χ1n) is 15.6. The van der Waals surface area contributed by atoms with Gasteiger partial charge in [0.1, 0.15) is 11.5 Å². The lowest BCUT2D eigenvalue weighted by Crippen LogP contribution is -2.16. The van der Waals surface area contributed by atoms with E-state index in [2.05, 4.69) is 170 Å². The fourth-order valence-electron chi connectivity index (χ4n) is 7.55. The molecule has 2 aliphatic rings. The van der Waals surface area contributed by atoms with Gasteiger partial charge in [0.2, 0.25) is 0 Å². The monoisotopic (exact) mass is 577 g/mol. The number of hydrogen-bond acceptors (Lipinski definition) is 2. The minimum absolute atomic E-state index is 0.0791. The molecule has 214 valence electrons. The lowest BCUT2D eigenvalue weighted by atomic mass is 9.82. The fraction of sp³-hybridized carbons (Fsp3) is 0.0698. The van der Waals surface area contributed by atoms with Crippen molar-refractivity contribution in [3.63, 3.8) is 0 Å². The van der Waals surface area contributed by atoms with Crippen LogP contribution >= 0.6 is 0 Å². The molecule has 0 saturated carbocycles. The van der Waals surface area contributed by atoms with Gasteiger partial charge in [-0.3, -0.25) is 0 Å². The first-order chi connectivity index (χ1) is 22.1. The zero-order valence-corrected chi connectivity index (χ0v) is 25.3. The van der Waals surface area contributed by atoms with Crippen LogP contribution in [0.5, 0.6) is 11.5 Å². The largest absolute Gasteiger partial charge is 0.456 e. The molecule has 0 bridgehead atoms. The maximum Gasteiger partial charge on any atom is 0.137 e. The van der Waals surface area contributed by atoms with E-state index in [0.717, 1.165) is 28.4 Å². The Balaban J connectivity index is 1.23. The average Bonchev–Trinajstić information content (AvgIpc) is 3.33. The number of benzene rings is 7. The molecule has 0 unspecified atom stereocenters. The lowest BCUT2D eigenvalue weighted by Gasteiger charge is -2.30. The molecule has 0 fully saturated rings. The topological polar surface area (TPSA) is 12.5 Å². The molecule has 2 nitrogen and oxygen atoms in total. The van der Waals surface area contributed by atoms with Gasteiger partial charge in [-0.05, 0) is 75.2 Å². The molecule has 1 aliphatic heterocycles. The molecule has 0 aromatic heterocycles. The molecule has 1 aliphatic carbocycles. The second kappa shape index (κ2) is 9.70. The summed E-state index contributed by atoms with van der Waals surface area (Å²) < 4.78 is 6.76. The highest BCUT2D eigenvalue weighted by atomic mass is 16.5.